The molecule has 1 aromatic heterocycles. The summed E-state index contributed by atoms with van der Waals surface area (Å²) in [5.41, 5.74) is 1.52. The van der Waals surface area contributed by atoms with Crippen LogP contribution in [0.1, 0.15) is 23.6 Å². The second-order valence-electron chi connectivity index (χ2n) is 5.74. The highest BCUT2D eigenvalue weighted by molar-refractivity contribution is 5.76. The third-order valence-corrected chi connectivity index (χ3v) is 3.93. The largest absolute Gasteiger partial charge is 0.349 e. The molecular formula is C19H19FN4O. The Bertz CT molecular complexity index is 805. The Labute approximate surface area is 145 Å². The molecule has 0 fully saturated rings. The molecule has 3 rings (SSSR count). The SMILES string of the molecule is O=C(CCn1cncn1)N[C@@H](Cc1ccccc1)c1ccccc1F. The molecular weight excluding hydrogens is 319 g/mol. The van der Waals surface area contributed by atoms with Crippen molar-refractivity contribution in [3.63, 3.8) is 0 Å². The smallest absolute Gasteiger partial charge is 0.222 e. The van der Waals surface area contributed by atoms with E-state index in [0.717, 1.165) is 5.56 Å². The van der Waals surface area contributed by atoms with Crippen LogP contribution < -0.4 is 5.32 Å². The van der Waals surface area contributed by atoms with Gasteiger partial charge in [-0.2, -0.15) is 5.10 Å². The summed E-state index contributed by atoms with van der Waals surface area (Å²) < 4.78 is 15.8. The van der Waals surface area contributed by atoms with E-state index in [1.165, 1.54) is 12.4 Å². The fourth-order valence-electron chi connectivity index (χ4n) is 2.68. The maximum absolute atomic E-state index is 14.2. The van der Waals surface area contributed by atoms with Gasteiger partial charge in [0.25, 0.3) is 0 Å². The topological polar surface area (TPSA) is 59.8 Å². The maximum Gasteiger partial charge on any atom is 0.222 e. The summed E-state index contributed by atoms with van der Waals surface area (Å²) in [5, 5.41) is 6.92. The van der Waals surface area contributed by atoms with E-state index in [0.29, 0.717) is 18.5 Å². The predicted molar refractivity (Wildman–Crippen MR) is 92.1 cm³/mol. The molecule has 3 aromatic rings. The van der Waals surface area contributed by atoms with Crippen LogP contribution in [0.25, 0.3) is 0 Å². The lowest BCUT2D eigenvalue weighted by Crippen LogP contribution is -2.31. The Balaban J connectivity index is 1.71. The molecule has 1 atom stereocenters. The second-order valence-corrected chi connectivity index (χ2v) is 5.74. The summed E-state index contributed by atoms with van der Waals surface area (Å²) in [4.78, 5) is 16.2. The van der Waals surface area contributed by atoms with E-state index in [9.17, 15) is 9.18 Å². The van der Waals surface area contributed by atoms with Crippen molar-refractivity contribution in [1.29, 1.82) is 0 Å². The monoisotopic (exact) mass is 338 g/mol. The predicted octanol–water partition coefficient (Wildman–Crippen LogP) is 2.91. The summed E-state index contributed by atoms with van der Waals surface area (Å²) >= 11 is 0. The van der Waals surface area contributed by atoms with Crippen LogP contribution >= 0.6 is 0 Å². The average molecular weight is 338 g/mol. The number of aromatic nitrogens is 3. The number of hydrogen-bond acceptors (Lipinski definition) is 3. The number of hydrogen-bond donors (Lipinski definition) is 1. The van der Waals surface area contributed by atoms with E-state index in [1.807, 2.05) is 30.3 Å². The molecule has 0 aliphatic rings. The third-order valence-electron chi connectivity index (χ3n) is 3.93. The Morgan fingerprint density at radius 1 is 1.12 bits per heavy atom. The van der Waals surface area contributed by atoms with Crippen LogP contribution in [-0.4, -0.2) is 20.7 Å². The van der Waals surface area contributed by atoms with Gasteiger partial charge in [0.2, 0.25) is 5.91 Å². The van der Waals surface area contributed by atoms with Crippen molar-refractivity contribution in [1.82, 2.24) is 20.1 Å². The molecule has 0 spiro atoms. The number of halogens is 1. The molecule has 5 nitrogen and oxygen atoms in total. The number of nitrogens with one attached hydrogen (secondary N) is 1. The van der Waals surface area contributed by atoms with Gasteiger partial charge in [0.05, 0.1) is 12.6 Å². The van der Waals surface area contributed by atoms with Gasteiger partial charge in [-0.15, -0.1) is 0 Å². The molecule has 0 saturated carbocycles. The summed E-state index contributed by atoms with van der Waals surface area (Å²) in [5.74, 6) is -0.473. The zero-order chi connectivity index (χ0) is 17.5. The van der Waals surface area contributed by atoms with Crippen LogP contribution in [-0.2, 0) is 17.8 Å². The number of carbonyl (C=O) groups is 1. The first kappa shape index (κ1) is 16.8. The number of benzene rings is 2. The highest BCUT2D eigenvalue weighted by Gasteiger charge is 2.18. The third kappa shape index (κ3) is 4.73. The standard InChI is InChI=1S/C19H19FN4O/c20-17-9-5-4-8-16(17)18(12-15-6-2-1-3-7-15)23-19(25)10-11-24-14-21-13-22-24/h1-9,13-14,18H,10-12H2,(H,23,25)/t18-/m0/s1. The van der Waals surface area contributed by atoms with Gasteiger partial charge >= 0.3 is 0 Å². The van der Waals surface area contributed by atoms with E-state index >= 15 is 0 Å². The number of amides is 1. The Morgan fingerprint density at radius 3 is 2.60 bits per heavy atom. The first-order valence-electron chi connectivity index (χ1n) is 8.12. The van der Waals surface area contributed by atoms with E-state index in [4.69, 9.17) is 0 Å². The number of aryl methyl sites for hydroxylation is 1. The minimum absolute atomic E-state index is 0.153. The number of carbonyl (C=O) groups excluding carboxylic acids is 1. The van der Waals surface area contributed by atoms with Gasteiger partial charge in [0.15, 0.2) is 0 Å². The van der Waals surface area contributed by atoms with Gasteiger partial charge in [0, 0.05) is 12.0 Å². The summed E-state index contributed by atoms with van der Waals surface area (Å²) in [6.07, 6.45) is 3.76. The van der Waals surface area contributed by atoms with E-state index in [1.54, 1.807) is 29.2 Å². The first-order valence-corrected chi connectivity index (χ1v) is 8.12. The quantitative estimate of drug-likeness (QED) is 0.720. The Hall–Kier alpha value is -3.02. The average Bonchev–Trinajstić information content (AvgIpc) is 3.14. The van der Waals surface area contributed by atoms with Gasteiger partial charge in [0.1, 0.15) is 18.5 Å². The Morgan fingerprint density at radius 2 is 1.88 bits per heavy atom. The normalized spacial score (nSPS) is 11.9. The van der Waals surface area contributed by atoms with Crippen LogP contribution in [0.3, 0.4) is 0 Å². The van der Waals surface area contributed by atoms with Crippen molar-refractivity contribution in [3.8, 4) is 0 Å². The second kappa shape index (κ2) is 8.19. The molecule has 0 aliphatic heterocycles. The summed E-state index contributed by atoms with van der Waals surface area (Å²) in [7, 11) is 0. The molecule has 25 heavy (non-hydrogen) atoms. The molecule has 0 unspecified atom stereocenters. The van der Waals surface area contributed by atoms with Crippen LogP contribution in [0.4, 0.5) is 4.39 Å². The molecule has 0 saturated heterocycles. The molecule has 0 radical (unpaired) electrons. The molecule has 1 heterocycles. The summed E-state index contributed by atoms with van der Waals surface area (Å²) in [6.45, 7) is 0.432. The fraction of sp³-hybridized carbons (Fsp3) is 0.211. The van der Waals surface area contributed by atoms with Gasteiger partial charge < -0.3 is 5.32 Å². The molecule has 6 heteroatoms. The minimum atomic E-state index is -0.424. The zero-order valence-corrected chi connectivity index (χ0v) is 13.7. The minimum Gasteiger partial charge on any atom is -0.349 e. The maximum atomic E-state index is 14.2. The molecule has 0 bridgehead atoms. The van der Waals surface area contributed by atoms with Gasteiger partial charge in [-0.3, -0.25) is 9.48 Å². The van der Waals surface area contributed by atoms with Crippen molar-refractivity contribution >= 4 is 5.91 Å². The van der Waals surface area contributed by atoms with Crippen LogP contribution in [0.2, 0.25) is 0 Å². The highest BCUT2D eigenvalue weighted by atomic mass is 19.1. The highest BCUT2D eigenvalue weighted by Crippen LogP contribution is 2.21. The van der Waals surface area contributed by atoms with E-state index in [2.05, 4.69) is 15.4 Å². The molecule has 128 valence electrons. The summed E-state index contributed by atoms with van der Waals surface area (Å²) in [6, 6.07) is 15.8. The number of rotatable bonds is 7. The van der Waals surface area contributed by atoms with Crippen LogP contribution in [0.5, 0.6) is 0 Å². The van der Waals surface area contributed by atoms with Gasteiger partial charge in [-0.1, -0.05) is 48.5 Å². The molecule has 2 aromatic carbocycles. The van der Waals surface area contributed by atoms with Crippen molar-refractivity contribution in [2.24, 2.45) is 0 Å². The fourth-order valence-corrected chi connectivity index (χ4v) is 2.68. The zero-order valence-electron chi connectivity index (χ0n) is 13.7. The lowest BCUT2D eigenvalue weighted by Gasteiger charge is -2.20. The van der Waals surface area contributed by atoms with Crippen molar-refractivity contribution in [2.75, 3.05) is 0 Å². The van der Waals surface area contributed by atoms with Crippen LogP contribution in [0.15, 0.2) is 67.3 Å². The number of nitrogens with zero attached hydrogens (tertiary/aromatic N) is 3. The lowest BCUT2D eigenvalue weighted by atomic mass is 9.98. The Kier molecular flexibility index (Phi) is 5.51. The lowest BCUT2D eigenvalue weighted by molar-refractivity contribution is -0.122. The van der Waals surface area contributed by atoms with E-state index in [-0.39, 0.29) is 18.1 Å². The molecule has 1 amide bonds. The van der Waals surface area contributed by atoms with Gasteiger partial charge in [-0.05, 0) is 18.1 Å². The van der Waals surface area contributed by atoms with E-state index < -0.39 is 6.04 Å². The van der Waals surface area contributed by atoms with Crippen molar-refractivity contribution in [3.05, 3.63) is 84.2 Å². The first-order chi connectivity index (χ1) is 12.2. The van der Waals surface area contributed by atoms with Gasteiger partial charge in [-0.25, -0.2) is 9.37 Å². The van der Waals surface area contributed by atoms with Crippen molar-refractivity contribution < 1.29 is 9.18 Å². The molecule has 1 N–H and O–H groups in total. The van der Waals surface area contributed by atoms with Crippen LogP contribution in [0, 0.1) is 5.82 Å². The van der Waals surface area contributed by atoms with Crippen molar-refractivity contribution in [2.45, 2.75) is 25.4 Å². The molecule has 0 aliphatic carbocycles.